The van der Waals surface area contributed by atoms with E-state index in [1.807, 2.05) is 32.9 Å². The summed E-state index contributed by atoms with van der Waals surface area (Å²) in [7, 11) is 0. The molecule has 204 valence electrons. The summed E-state index contributed by atoms with van der Waals surface area (Å²) in [6.07, 6.45) is -1.83. The van der Waals surface area contributed by atoms with Crippen LogP contribution in [0.5, 0.6) is 5.75 Å². The van der Waals surface area contributed by atoms with Crippen molar-refractivity contribution in [3.8, 4) is 16.2 Å². The van der Waals surface area contributed by atoms with Gasteiger partial charge in [0.25, 0.3) is 0 Å². The van der Waals surface area contributed by atoms with Crippen molar-refractivity contribution in [2.24, 2.45) is 0 Å². The molecule has 0 spiro atoms. The lowest BCUT2D eigenvalue weighted by Gasteiger charge is -2.26. The van der Waals surface area contributed by atoms with E-state index in [4.69, 9.17) is 9.47 Å². The molecule has 0 amide bonds. The Bertz CT molecular complexity index is 1250. The van der Waals surface area contributed by atoms with E-state index in [9.17, 15) is 22.8 Å². The second kappa shape index (κ2) is 12.2. The van der Waals surface area contributed by atoms with E-state index in [0.29, 0.717) is 35.6 Å². The van der Waals surface area contributed by atoms with Gasteiger partial charge in [-0.1, -0.05) is 37.6 Å². The van der Waals surface area contributed by atoms with Crippen LogP contribution in [0.2, 0.25) is 0 Å². The second-order valence-electron chi connectivity index (χ2n) is 9.82. The predicted molar refractivity (Wildman–Crippen MR) is 144 cm³/mol. The molecule has 0 aliphatic carbocycles. The van der Waals surface area contributed by atoms with Crippen LogP contribution in [-0.2, 0) is 22.1 Å². The predicted octanol–water partition coefficient (Wildman–Crippen LogP) is 8.37. The number of esters is 1. The third-order valence-electron chi connectivity index (χ3n) is 6.12. The summed E-state index contributed by atoms with van der Waals surface area (Å²) in [5.41, 5.74) is 1.51. The minimum atomic E-state index is -4.38. The zero-order valence-corrected chi connectivity index (χ0v) is 23.1. The van der Waals surface area contributed by atoms with Crippen LogP contribution in [-0.4, -0.2) is 24.0 Å². The number of ketones is 1. The molecule has 4 nitrogen and oxygen atoms in total. The van der Waals surface area contributed by atoms with E-state index in [1.54, 1.807) is 26.0 Å². The van der Waals surface area contributed by atoms with Gasteiger partial charge < -0.3 is 9.47 Å². The molecule has 0 saturated carbocycles. The van der Waals surface area contributed by atoms with Crippen molar-refractivity contribution in [2.75, 3.05) is 6.61 Å². The van der Waals surface area contributed by atoms with Gasteiger partial charge in [-0.15, -0.1) is 11.3 Å². The Morgan fingerprint density at radius 2 is 1.58 bits per heavy atom. The van der Waals surface area contributed by atoms with Crippen LogP contribution < -0.4 is 4.74 Å². The summed E-state index contributed by atoms with van der Waals surface area (Å²) in [6, 6.07) is 12.3. The quantitative estimate of drug-likeness (QED) is 0.138. The molecule has 3 aromatic rings. The van der Waals surface area contributed by atoms with Gasteiger partial charge in [0.1, 0.15) is 5.75 Å². The third-order valence-corrected chi connectivity index (χ3v) is 7.29. The Kier molecular flexibility index (Phi) is 9.41. The fourth-order valence-corrected chi connectivity index (χ4v) is 4.95. The van der Waals surface area contributed by atoms with Crippen molar-refractivity contribution in [1.29, 1.82) is 0 Å². The molecule has 2 aromatic carbocycles. The highest BCUT2D eigenvalue weighted by molar-refractivity contribution is 7.17. The summed E-state index contributed by atoms with van der Waals surface area (Å²) in [6.45, 7) is 9.57. The largest absolute Gasteiger partial charge is 0.476 e. The normalized spacial score (nSPS) is 11.9. The maximum absolute atomic E-state index is 12.8. The van der Waals surface area contributed by atoms with E-state index in [-0.39, 0.29) is 5.78 Å². The first-order valence-electron chi connectivity index (χ1n) is 12.6. The van der Waals surface area contributed by atoms with Crippen LogP contribution in [0.1, 0.15) is 72.0 Å². The molecule has 0 N–H and O–H groups in total. The van der Waals surface area contributed by atoms with Gasteiger partial charge in [-0.3, -0.25) is 4.79 Å². The zero-order chi connectivity index (χ0) is 28.1. The van der Waals surface area contributed by atoms with Gasteiger partial charge in [-0.25, -0.2) is 4.79 Å². The molecular weight excluding hydrogens is 513 g/mol. The Morgan fingerprint density at radius 3 is 2.16 bits per heavy atom. The maximum Gasteiger partial charge on any atom is 0.416 e. The Morgan fingerprint density at radius 1 is 0.947 bits per heavy atom. The first kappa shape index (κ1) is 29.4. The van der Waals surface area contributed by atoms with Crippen molar-refractivity contribution in [3.05, 3.63) is 75.7 Å². The first-order chi connectivity index (χ1) is 17.8. The molecule has 38 heavy (non-hydrogen) atoms. The molecule has 0 radical (unpaired) electrons. The monoisotopic (exact) mass is 546 g/mol. The number of unbranched alkanes of at least 4 members (excludes halogenated alkanes) is 1. The minimum Gasteiger partial charge on any atom is -0.476 e. The zero-order valence-electron chi connectivity index (χ0n) is 22.3. The molecule has 1 aromatic heterocycles. The molecule has 0 fully saturated rings. The van der Waals surface area contributed by atoms with E-state index < -0.39 is 23.3 Å². The van der Waals surface area contributed by atoms with E-state index >= 15 is 0 Å². The van der Waals surface area contributed by atoms with Crippen molar-refractivity contribution in [2.45, 2.75) is 72.1 Å². The number of hydrogen-bond donors (Lipinski definition) is 0. The number of carbonyl (C=O) groups is 2. The number of hydrogen-bond acceptors (Lipinski definition) is 5. The number of benzene rings is 2. The number of thiophene rings is 1. The number of Topliss-reactive ketones (excluding diaryl/α,β-unsaturated/α-hetero) is 1. The number of ether oxygens (including phenoxy) is 2. The maximum atomic E-state index is 12.8. The van der Waals surface area contributed by atoms with E-state index in [1.165, 1.54) is 23.5 Å². The smallest absolute Gasteiger partial charge is 0.416 e. The summed E-state index contributed by atoms with van der Waals surface area (Å²) in [5.74, 6) is 0.183. The number of alkyl halides is 3. The fraction of sp³-hybridized carbons (Fsp3) is 0.400. The highest BCUT2D eigenvalue weighted by Gasteiger charge is 2.33. The number of rotatable bonds is 11. The summed E-state index contributed by atoms with van der Waals surface area (Å²) >= 11 is 1.27. The average Bonchev–Trinajstić information content (AvgIpc) is 3.35. The van der Waals surface area contributed by atoms with Crippen LogP contribution in [0.25, 0.3) is 10.4 Å². The lowest BCUT2D eigenvalue weighted by Crippen LogP contribution is -2.40. The number of carbonyl (C=O) groups excluding carboxylic acids is 2. The first-order valence-corrected chi connectivity index (χ1v) is 13.4. The lowest BCUT2D eigenvalue weighted by atomic mass is 10.00. The highest BCUT2D eigenvalue weighted by Crippen LogP contribution is 2.34. The average molecular weight is 547 g/mol. The van der Waals surface area contributed by atoms with Crippen molar-refractivity contribution >= 4 is 23.1 Å². The van der Waals surface area contributed by atoms with Gasteiger partial charge in [-0.05, 0) is 87.1 Å². The van der Waals surface area contributed by atoms with Gasteiger partial charge >= 0.3 is 12.1 Å². The van der Waals surface area contributed by atoms with Crippen LogP contribution in [0.3, 0.4) is 0 Å². The Hall–Kier alpha value is -3.13. The minimum absolute atomic E-state index is 0.0280. The molecule has 0 bridgehead atoms. The van der Waals surface area contributed by atoms with Crippen molar-refractivity contribution < 1.29 is 32.2 Å². The Labute approximate surface area is 225 Å². The molecule has 0 unspecified atom stereocenters. The van der Waals surface area contributed by atoms with E-state index in [0.717, 1.165) is 46.5 Å². The lowest BCUT2D eigenvalue weighted by molar-refractivity contribution is -0.159. The second-order valence-corrected chi connectivity index (χ2v) is 10.9. The number of halogens is 3. The van der Waals surface area contributed by atoms with Crippen LogP contribution in [0, 0.1) is 13.8 Å². The molecule has 0 aliphatic heterocycles. The standard InChI is InChI=1S/C30H33F3O4S/c1-6-7-16-36-28(35)29(4,5)37-27-19(2)17-21(18-20(27)3)8-13-24(34)26-15-14-25(38-26)22-9-11-23(12-10-22)30(31,32)33/h9-12,14-15,17-18H,6-8,13,16H2,1-5H3. The molecule has 0 saturated heterocycles. The van der Waals surface area contributed by atoms with Crippen LogP contribution in [0.15, 0.2) is 48.5 Å². The third kappa shape index (κ3) is 7.47. The highest BCUT2D eigenvalue weighted by atomic mass is 32.1. The van der Waals surface area contributed by atoms with Crippen LogP contribution in [0.4, 0.5) is 13.2 Å². The number of aryl methyl sites for hydroxylation is 3. The van der Waals surface area contributed by atoms with Gasteiger partial charge in [0.15, 0.2) is 11.4 Å². The molecule has 8 heteroatoms. The summed E-state index contributed by atoms with van der Waals surface area (Å²) in [5, 5.41) is 0. The van der Waals surface area contributed by atoms with Gasteiger partial charge in [0, 0.05) is 11.3 Å². The Balaban J connectivity index is 1.63. The van der Waals surface area contributed by atoms with Crippen molar-refractivity contribution in [3.63, 3.8) is 0 Å². The molecule has 0 atom stereocenters. The molecule has 1 heterocycles. The summed E-state index contributed by atoms with van der Waals surface area (Å²) < 4.78 is 49.9. The summed E-state index contributed by atoms with van der Waals surface area (Å²) in [4.78, 5) is 26.6. The fourth-order valence-electron chi connectivity index (χ4n) is 3.97. The van der Waals surface area contributed by atoms with Gasteiger partial charge in [0.05, 0.1) is 17.0 Å². The van der Waals surface area contributed by atoms with E-state index in [2.05, 4.69) is 0 Å². The van der Waals surface area contributed by atoms with Gasteiger partial charge in [-0.2, -0.15) is 13.2 Å². The molecule has 3 rings (SSSR count). The van der Waals surface area contributed by atoms with Crippen LogP contribution >= 0.6 is 11.3 Å². The topological polar surface area (TPSA) is 52.6 Å². The molecular formula is C30H33F3O4S. The van der Waals surface area contributed by atoms with Crippen molar-refractivity contribution in [1.82, 2.24) is 0 Å². The SMILES string of the molecule is CCCCOC(=O)C(C)(C)Oc1c(C)cc(CCC(=O)c2ccc(-c3ccc(C(F)(F)F)cc3)s2)cc1C. The van der Waals surface area contributed by atoms with Gasteiger partial charge in [0.2, 0.25) is 0 Å². The molecule has 0 aliphatic rings.